The minimum Gasteiger partial charge on any atom is -0.382 e. The zero-order valence-electron chi connectivity index (χ0n) is 27.4. The molecule has 0 atom stereocenters. The molecule has 0 radical (unpaired) electrons. The summed E-state index contributed by atoms with van der Waals surface area (Å²) in [6.45, 7) is 7.66. The fourth-order valence-electron chi connectivity index (χ4n) is 5.38. The molecule has 0 saturated heterocycles. The van der Waals surface area contributed by atoms with Crippen LogP contribution in [0.1, 0.15) is 42.1 Å². The highest BCUT2D eigenvalue weighted by Crippen LogP contribution is 2.31. The minimum atomic E-state index is -0.710. The molecule has 13 heteroatoms. The lowest BCUT2D eigenvalue weighted by Crippen LogP contribution is -2.29. The van der Waals surface area contributed by atoms with E-state index in [9.17, 15) is 14.4 Å². The van der Waals surface area contributed by atoms with E-state index in [2.05, 4.69) is 42.5 Å². The maximum absolute atomic E-state index is 13.4. The average Bonchev–Trinajstić information content (AvgIpc) is 3.78. The van der Waals surface area contributed by atoms with Gasteiger partial charge in [0.05, 0.1) is 21.4 Å². The Bertz CT molecular complexity index is 2090. The summed E-state index contributed by atoms with van der Waals surface area (Å²) in [6, 6.07) is 18.5. The predicted molar refractivity (Wildman–Crippen MR) is 199 cm³/mol. The van der Waals surface area contributed by atoms with Crippen molar-refractivity contribution in [2.75, 3.05) is 17.2 Å². The standard InChI is InChI=1S/C37H36Cl2N8O3/c1-3-47-36(49)33(43-37(50)44-34-30(38)21-40-22-31(34)39)20-32(45-47)25-9-6-8-24(16-25)27-17-26(23(2)42-29-10-11-29)18-28(19-27)35(48)41-12-7-15-46-13-4-5-14-46/h4-6,8-9,13-14,16-22,29,42H,2-3,7,10-12,15H2,1H3,(H,41,48)(H2,40,43,44,50). The average molecular weight is 712 g/mol. The summed E-state index contributed by atoms with van der Waals surface area (Å²) in [5.74, 6) is -0.170. The van der Waals surface area contributed by atoms with Gasteiger partial charge in [0.2, 0.25) is 0 Å². The van der Waals surface area contributed by atoms with Gasteiger partial charge >= 0.3 is 6.03 Å². The van der Waals surface area contributed by atoms with Crippen molar-refractivity contribution in [2.24, 2.45) is 0 Å². The summed E-state index contributed by atoms with van der Waals surface area (Å²) < 4.78 is 3.35. The van der Waals surface area contributed by atoms with Crippen LogP contribution in [0.3, 0.4) is 0 Å². The fraction of sp³-hybridized carbons (Fsp3) is 0.216. The van der Waals surface area contributed by atoms with Gasteiger partial charge in [-0.05, 0) is 85.3 Å². The molecule has 3 amide bonds. The number of amides is 3. The van der Waals surface area contributed by atoms with E-state index in [1.807, 2.05) is 67.0 Å². The minimum absolute atomic E-state index is 0.0150. The number of nitrogens with one attached hydrogen (secondary N) is 4. The van der Waals surface area contributed by atoms with Gasteiger partial charge in [0.1, 0.15) is 5.69 Å². The Morgan fingerprint density at radius 2 is 1.64 bits per heavy atom. The quantitative estimate of drug-likeness (QED) is 0.0949. The SMILES string of the molecule is C=C(NC1CC1)c1cc(C(=O)NCCCn2cccc2)cc(-c2cccc(-c3cc(NC(=O)Nc4c(Cl)cncc4Cl)c(=O)n(CC)n3)c2)c1. The van der Waals surface area contributed by atoms with Crippen LogP contribution < -0.4 is 26.8 Å². The van der Waals surface area contributed by atoms with Crippen molar-refractivity contribution < 1.29 is 9.59 Å². The molecule has 256 valence electrons. The van der Waals surface area contributed by atoms with Crippen molar-refractivity contribution in [3.63, 3.8) is 0 Å². The maximum atomic E-state index is 13.4. The molecule has 1 saturated carbocycles. The molecule has 3 aromatic heterocycles. The third-order valence-electron chi connectivity index (χ3n) is 8.15. The number of hydrogen-bond acceptors (Lipinski definition) is 6. The van der Waals surface area contributed by atoms with Crippen LogP contribution in [0, 0.1) is 0 Å². The zero-order valence-corrected chi connectivity index (χ0v) is 28.9. The number of pyridine rings is 1. The number of nitrogens with zero attached hydrogens (tertiary/aromatic N) is 4. The van der Waals surface area contributed by atoms with E-state index >= 15 is 0 Å². The normalized spacial score (nSPS) is 12.3. The summed E-state index contributed by atoms with van der Waals surface area (Å²) in [5.41, 5.74) is 4.60. The van der Waals surface area contributed by atoms with Gasteiger partial charge in [-0.3, -0.25) is 14.6 Å². The summed E-state index contributed by atoms with van der Waals surface area (Å²) in [6.07, 6.45) is 9.67. The lowest BCUT2D eigenvalue weighted by Gasteiger charge is -2.15. The third kappa shape index (κ3) is 8.42. The first-order valence-electron chi connectivity index (χ1n) is 16.3. The van der Waals surface area contributed by atoms with Gasteiger partial charge in [0.15, 0.2) is 0 Å². The van der Waals surface area contributed by atoms with Crippen LogP contribution in [-0.4, -0.2) is 43.9 Å². The molecule has 1 aliphatic carbocycles. The number of urea groups is 1. The topological polar surface area (TPSA) is 135 Å². The van der Waals surface area contributed by atoms with Crippen molar-refractivity contribution in [3.8, 4) is 22.4 Å². The Kier molecular flexibility index (Phi) is 10.6. The van der Waals surface area contributed by atoms with Gasteiger partial charge in [0.25, 0.3) is 11.5 Å². The Morgan fingerprint density at radius 1 is 0.920 bits per heavy atom. The van der Waals surface area contributed by atoms with Crippen molar-refractivity contribution >= 4 is 52.2 Å². The molecular formula is C37H36Cl2N8O3. The second kappa shape index (κ2) is 15.4. The van der Waals surface area contributed by atoms with E-state index in [1.165, 1.54) is 23.1 Å². The number of anilines is 2. The number of halogens is 2. The van der Waals surface area contributed by atoms with Crippen molar-refractivity contribution in [3.05, 3.63) is 124 Å². The maximum Gasteiger partial charge on any atom is 0.323 e. The molecule has 1 aliphatic rings. The second-order valence-electron chi connectivity index (χ2n) is 11.9. The van der Waals surface area contributed by atoms with Crippen LogP contribution in [0.5, 0.6) is 0 Å². The van der Waals surface area contributed by atoms with Crippen LogP contribution >= 0.6 is 23.2 Å². The first kappa shape index (κ1) is 34.5. The first-order valence-corrected chi connectivity index (χ1v) is 17.0. The molecule has 0 aliphatic heterocycles. The van der Waals surface area contributed by atoms with E-state index in [0.29, 0.717) is 29.4 Å². The van der Waals surface area contributed by atoms with Crippen LogP contribution in [0.2, 0.25) is 10.0 Å². The third-order valence-corrected chi connectivity index (χ3v) is 8.72. The number of hydrogen-bond donors (Lipinski definition) is 4. The number of aryl methyl sites for hydroxylation is 2. The highest BCUT2D eigenvalue weighted by Gasteiger charge is 2.22. The second-order valence-corrected chi connectivity index (χ2v) is 12.7. The predicted octanol–water partition coefficient (Wildman–Crippen LogP) is 7.29. The summed E-state index contributed by atoms with van der Waals surface area (Å²) in [4.78, 5) is 43.4. The van der Waals surface area contributed by atoms with Gasteiger partial charge in [-0.2, -0.15) is 5.10 Å². The fourth-order valence-corrected chi connectivity index (χ4v) is 5.84. The van der Waals surface area contributed by atoms with Gasteiger partial charge < -0.3 is 25.8 Å². The Labute approximate surface area is 299 Å². The lowest BCUT2D eigenvalue weighted by molar-refractivity contribution is 0.0952. The molecule has 0 spiro atoms. The Balaban J connectivity index is 1.27. The van der Waals surface area contributed by atoms with Gasteiger partial charge in [-0.15, -0.1) is 0 Å². The molecule has 0 bridgehead atoms. The molecule has 1 fully saturated rings. The summed E-state index contributed by atoms with van der Waals surface area (Å²) in [7, 11) is 0. The van der Waals surface area contributed by atoms with Gasteiger partial charge in [-0.1, -0.05) is 48.0 Å². The van der Waals surface area contributed by atoms with E-state index in [-0.39, 0.29) is 33.9 Å². The van der Waals surface area contributed by atoms with Crippen molar-refractivity contribution in [1.29, 1.82) is 0 Å². The van der Waals surface area contributed by atoms with E-state index in [0.717, 1.165) is 48.2 Å². The molecule has 6 rings (SSSR count). The molecule has 11 nitrogen and oxygen atoms in total. The van der Waals surface area contributed by atoms with E-state index < -0.39 is 11.6 Å². The number of carbonyl (C=O) groups is 2. The Hall–Kier alpha value is -5.39. The van der Waals surface area contributed by atoms with Crippen LogP contribution in [0.4, 0.5) is 16.2 Å². The zero-order chi connectivity index (χ0) is 35.2. The first-order chi connectivity index (χ1) is 24.2. The van der Waals surface area contributed by atoms with Gasteiger partial charge in [-0.25, -0.2) is 9.48 Å². The number of benzene rings is 2. The monoisotopic (exact) mass is 710 g/mol. The molecule has 2 aromatic carbocycles. The van der Waals surface area contributed by atoms with E-state index in [4.69, 9.17) is 23.2 Å². The molecule has 5 aromatic rings. The summed E-state index contributed by atoms with van der Waals surface area (Å²) >= 11 is 12.3. The number of rotatable bonds is 13. The Morgan fingerprint density at radius 3 is 2.36 bits per heavy atom. The molecular weight excluding hydrogens is 675 g/mol. The number of carbonyl (C=O) groups excluding carboxylic acids is 2. The van der Waals surface area contributed by atoms with Crippen LogP contribution in [-0.2, 0) is 13.1 Å². The highest BCUT2D eigenvalue weighted by atomic mass is 35.5. The molecule has 4 N–H and O–H groups in total. The van der Waals surface area contributed by atoms with E-state index in [1.54, 1.807) is 6.92 Å². The smallest absolute Gasteiger partial charge is 0.323 e. The largest absolute Gasteiger partial charge is 0.382 e. The number of aromatic nitrogens is 4. The molecule has 50 heavy (non-hydrogen) atoms. The van der Waals surface area contributed by atoms with Crippen molar-refractivity contribution in [2.45, 2.75) is 45.3 Å². The lowest BCUT2D eigenvalue weighted by atomic mass is 9.96. The molecule has 3 heterocycles. The van der Waals surface area contributed by atoms with Crippen molar-refractivity contribution in [1.82, 2.24) is 30.0 Å². The highest BCUT2D eigenvalue weighted by molar-refractivity contribution is 6.39. The summed E-state index contributed by atoms with van der Waals surface area (Å²) in [5, 5.41) is 16.6. The van der Waals surface area contributed by atoms with Crippen LogP contribution in [0.15, 0.2) is 96.8 Å². The van der Waals surface area contributed by atoms with Gasteiger partial charge in [0, 0.05) is 67.3 Å². The van der Waals surface area contributed by atoms with Crippen LogP contribution in [0.25, 0.3) is 28.1 Å². The molecule has 0 unspecified atom stereocenters.